The van der Waals surface area contributed by atoms with E-state index in [0.717, 1.165) is 32.6 Å². The second kappa shape index (κ2) is 7.64. The Hall–Kier alpha value is -1.08. The van der Waals surface area contributed by atoms with Gasteiger partial charge in [-0.05, 0) is 37.5 Å². The number of ether oxygens (including phenoxy) is 2. The zero-order chi connectivity index (χ0) is 14.4. The first kappa shape index (κ1) is 15.3. The summed E-state index contributed by atoms with van der Waals surface area (Å²) in [5, 5.41) is 18.2. The highest BCUT2D eigenvalue weighted by atomic mass is 16.5. The predicted molar refractivity (Wildman–Crippen MR) is 78.2 cm³/mol. The third-order valence-corrected chi connectivity index (χ3v) is 3.68. The van der Waals surface area contributed by atoms with Gasteiger partial charge in [-0.25, -0.2) is 0 Å². The molecule has 2 rings (SSSR count). The molecule has 1 aliphatic heterocycles. The summed E-state index contributed by atoms with van der Waals surface area (Å²) in [6, 6.07) is 7.45. The van der Waals surface area contributed by atoms with Gasteiger partial charge in [0, 0.05) is 25.8 Å². The van der Waals surface area contributed by atoms with Crippen LogP contribution in [0.5, 0.6) is 5.75 Å². The highest BCUT2D eigenvalue weighted by molar-refractivity contribution is 6.58. The van der Waals surface area contributed by atoms with E-state index in [2.05, 4.69) is 11.9 Å². The summed E-state index contributed by atoms with van der Waals surface area (Å²) in [7, 11) is 0.649. The molecule has 5 nitrogen and oxygen atoms in total. The Balaban J connectivity index is 1.76. The number of nitrogens with zero attached hydrogens (tertiary/aromatic N) is 1. The van der Waals surface area contributed by atoms with Crippen molar-refractivity contribution in [2.45, 2.75) is 18.9 Å². The lowest BCUT2D eigenvalue weighted by Gasteiger charge is -2.31. The van der Waals surface area contributed by atoms with Gasteiger partial charge < -0.3 is 19.5 Å². The summed E-state index contributed by atoms with van der Waals surface area (Å²) >= 11 is 0. The zero-order valence-corrected chi connectivity index (χ0v) is 11.9. The zero-order valence-electron chi connectivity index (χ0n) is 11.9. The molecule has 0 saturated carbocycles. The Labute approximate surface area is 120 Å². The molecule has 110 valence electrons. The quantitative estimate of drug-likeness (QED) is 0.709. The molecule has 0 unspecified atom stereocenters. The van der Waals surface area contributed by atoms with Gasteiger partial charge in [0.05, 0.1) is 0 Å². The van der Waals surface area contributed by atoms with E-state index in [1.807, 2.05) is 6.07 Å². The van der Waals surface area contributed by atoms with E-state index in [1.165, 1.54) is 0 Å². The second-order valence-electron chi connectivity index (χ2n) is 5.12. The van der Waals surface area contributed by atoms with Crippen LogP contribution >= 0.6 is 0 Å². The van der Waals surface area contributed by atoms with Gasteiger partial charge in [0.2, 0.25) is 0 Å². The van der Waals surface area contributed by atoms with E-state index < -0.39 is 7.12 Å². The topological polar surface area (TPSA) is 62.2 Å². The van der Waals surface area contributed by atoms with Crippen LogP contribution in [0.4, 0.5) is 0 Å². The van der Waals surface area contributed by atoms with E-state index in [9.17, 15) is 0 Å². The van der Waals surface area contributed by atoms with E-state index >= 15 is 0 Å². The molecule has 6 heteroatoms. The molecule has 2 N–H and O–H groups in total. The lowest BCUT2D eigenvalue weighted by molar-refractivity contribution is 0.0392. The Morgan fingerprint density at radius 3 is 2.80 bits per heavy atom. The molecule has 0 spiro atoms. The fourth-order valence-electron chi connectivity index (χ4n) is 2.38. The maximum Gasteiger partial charge on any atom is 0.488 e. The van der Waals surface area contributed by atoms with E-state index in [0.29, 0.717) is 23.9 Å². The molecule has 20 heavy (non-hydrogen) atoms. The Kier molecular flexibility index (Phi) is 5.85. The molecule has 0 radical (unpaired) electrons. The molecule has 0 aromatic heterocycles. The number of rotatable bonds is 6. The van der Waals surface area contributed by atoms with E-state index in [1.54, 1.807) is 18.2 Å². The van der Waals surface area contributed by atoms with Gasteiger partial charge in [-0.15, -0.1) is 0 Å². The van der Waals surface area contributed by atoms with Crippen LogP contribution in [0, 0.1) is 0 Å². The number of hydrogen-bond donors (Lipinski definition) is 2. The normalized spacial score (nSPS) is 16.4. The molecule has 1 fully saturated rings. The molecule has 1 heterocycles. The summed E-state index contributed by atoms with van der Waals surface area (Å²) in [6.45, 7) is 3.11. The van der Waals surface area contributed by atoms with Gasteiger partial charge in [0.1, 0.15) is 12.4 Å². The van der Waals surface area contributed by atoms with Crippen molar-refractivity contribution in [3.05, 3.63) is 24.3 Å². The van der Waals surface area contributed by atoms with Crippen LogP contribution in [0.1, 0.15) is 12.8 Å². The van der Waals surface area contributed by atoms with Crippen LogP contribution < -0.4 is 10.2 Å². The second-order valence-corrected chi connectivity index (χ2v) is 5.12. The molecule has 1 saturated heterocycles. The fraction of sp³-hybridized carbons (Fsp3) is 0.571. The maximum atomic E-state index is 9.11. The Bertz CT molecular complexity index is 410. The first-order chi connectivity index (χ1) is 9.66. The van der Waals surface area contributed by atoms with Crippen molar-refractivity contribution in [2.75, 3.05) is 33.4 Å². The maximum absolute atomic E-state index is 9.11. The van der Waals surface area contributed by atoms with E-state index in [4.69, 9.17) is 19.5 Å². The van der Waals surface area contributed by atoms with Crippen molar-refractivity contribution >= 4 is 12.6 Å². The average molecular weight is 279 g/mol. The average Bonchev–Trinajstić information content (AvgIpc) is 2.48. The molecular weight excluding hydrogens is 257 g/mol. The molecule has 0 bridgehead atoms. The molecule has 0 aliphatic carbocycles. The van der Waals surface area contributed by atoms with Crippen molar-refractivity contribution in [2.24, 2.45) is 0 Å². The van der Waals surface area contributed by atoms with Gasteiger partial charge in [-0.2, -0.15) is 0 Å². The number of benzene rings is 1. The molecule has 1 aromatic carbocycles. The Morgan fingerprint density at radius 2 is 2.10 bits per heavy atom. The monoisotopic (exact) mass is 279 g/mol. The SMILES string of the molecule is CN(CCOc1cccc(B(O)O)c1)C1CCOCC1. The summed E-state index contributed by atoms with van der Waals surface area (Å²) in [4.78, 5) is 2.30. The summed E-state index contributed by atoms with van der Waals surface area (Å²) in [5.41, 5.74) is 0.445. The number of likely N-dealkylation sites (N-methyl/N-ethyl adjacent to an activating group) is 1. The molecule has 1 aromatic rings. The third kappa shape index (κ3) is 4.49. The predicted octanol–water partition coefficient (Wildman–Crippen LogP) is -0.144. The number of hydrogen-bond acceptors (Lipinski definition) is 5. The third-order valence-electron chi connectivity index (χ3n) is 3.68. The minimum Gasteiger partial charge on any atom is -0.492 e. The van der Waals surface area contributed by atoms with Crippen molar-refractivity contribution in [1.82, 2.24) is 4.90 Å². The van der Waals surface area contributed by atoms with Crippen molar-refractivity contribution in [3.63, 3.8) is 0 Å². The van der Waals surface area contributed by atoms with Gasteiger partial charge in [-0.3, -0.25) is 4.90 Å². The molecular formula is C14H22BNO4. The Morgan fingerprint density at radius 1 is 1.35 bits per heavy atom. The van der Waals surface area contributed by atoms with Crippen molar-refractivity contribution in [3.8, 4) is 5.75 Å². The van der Waals surface area contributed by atoms with Gasteiger partial charge >= 0.3 is 7.12 Å². The first-order valence-electron chi connectivity index (χ1n) is 7.03. The van der Waals surface area contributed by atoms with Crippen LogP contribution in [0.2, 0.25) is 0 Å². The van der Waals surface area contributed by atoms with Crippen LogP contribution in [0.15, 0.2) is 24.3 Å². The summed E-state index contributed by atoms with van der Waals surface area (Å²) in [5.74, 6) is 0.663. The minimum atomic E-state index is -1.46. The van der Waals surface area contributed by atoms with Crippen LogP contribution in [0.25, 0.3) is 0 Å². The minimum absolute atomic E-state index is 0.445. The van der Waals surface area contributed by atoms with Crippen molar-refractivity contribution in [1.29, 1.82) is 0 Å². The lowest BCUT2D eigenvalue weighted by atomic mass is 9.80. The highest BCUT2D eigenvalue weighted by Crippen LogP contribution is 2.13. The lowest BCUT2D eigenvalue weighted by Crippen LogP contribution is -2.38. The molecule has 0 atom stereocenters. The summed E-state index contributed by atoms with van der Waals surface area (Å²) in [6.07, 6.45) is 2.14. The first-order valence-corrected chi connectivity index (χ1v) is 7.03. The largest absolute Gasteiger partial charge is 0.492 e. The fourth-order valence-corrected chi connectivity index (χ4v) is 2.38. The standard InChI is InChI=1S/C14H22BNO4/c1-16(13-5-8-19-9-6-13)7-10-20-14-4-2-3-12(11-14)15(17)18/h2-4,11,13,17-18H,5-10H2,1H3. The van der Waals surface area contributed by atoms with E-state index in [-0.39, 0.29) is 0 Å². The smallest absolute Gasteiger partial charge is 0.488 e. The summed E-state index contributed by atoms with van der Waals surface area (Å²) < 4.78 is 11.0. The molecule has 0 amide bonds. The van der Waals surface area contributed by atoms with Crippen molar-refractivity contribution < 1.29 is 19.5 Å². The van der Waals surface area contributed by atoms with Crippen LogP contribution in [-0.4, -0.2) is 61.5 Å². The molecule has 1 aliphatic rings. The highest BCUT2D eigenvalue weighted by Gasteiger charge is 2.18. The van der Waals surface area contributed by atoms with Gasteiger partial charge in [-0.1, -0.05) is 12.1 Å². The van der Waals surface area contributed by atoms with Gasteiger partial charge in [0.25, 0.3) is 0 Å². The van der Waals surface area contributed by atoms with Gasteiger partial charge in [0.15, 0.2) is 0 Å². The van der Waals surface area contributed by atoms with Crippen LogP contribution in [-0.2, 0) is 4.74 Å². The van der Waals surface area contributed by atoms with Crippen LogP contribution in [0.3, 0.4) is 0 Å².